The predicted molar refractivity (Wildman–Crippen MR) is 109 cm³/mol. The molecule has 5 atom stereocenters. The zero-order chi connectivity index (χ0) is 20.0. The van der Waals surface area contributed by atoms with E-state index in [1.54, 1.807) is 0 Å². The largest absolute Gasteiger partial charge is 0.489 e. The molecule has 5 nitrogen and oxygen atoms in total. The summed E-state index contributed by atoms with van der Waals surface area (Å²) in [6.07, 6.45) is 7.19. The van der Waals surface area contributed by atoms with Crippen molar-refractivity contribution in [1.82, 2.24) is 10.5 Å². The predicted octanol–water partition coefficient (Wildman–Crippen LogP) is 4.35. The highest BCUT2D eigenvalue weighted by Crippen LogP contribution is 2.58. The van der Waals surface area contributed by atoms with Crippen LogP contribution in [0.2, 0.25) is 0 Å². The molecule has 1 aromatic carbocycles. The van der Waals surface area contributed by atoms with E-state index in [0.29, 0.717) is 19.1 Å². The van der Waals surface area contributed by atoms with E-state index in [4.69, 9.17) is 9.26 Å². The van der Waals surface area contributed by atoms with Gasteiger partial charge >= 0.3 is 0 Å². The van der Waals surface area contributed by atoms with Crippen molar-refractivity contribution in [2.24, 2.45) is 23.7 Å². The fraction of sp³-hybridized carbons (Fsp3) is 0.583. The molecule has 3 fully saturated rings. The second-order valence-electron chi connectivity index (χ2n) is 9.24. The number of aryl methyl sites for hydroxylation is 2. The van der Waals surface area contributed by atoms with Crippen molar-refractivity contribution in [2.45, 2.75) is 65.0 Å². The number of nitrogens with one attached hydrogen (secondary N) is 1. The van der Waals surface area contributed by atoms with Gasteiger partial charge in [0.25, 0.3) is 0 Å². The zero-order valence-electron chi connectivity index (χ0n) is 17.3. The maximum Gasteiger partial charge on any atom is 0.224 e. The molecule has 0 unspecified atom stereocenters. The molecule has 1 aromatic heterocycles. The number of amides is 1. The van der Waals surface area contributed by atoms with Crippen molar-refractivity contribution in [3.63, 3.8) is 0 Å². The van der Waals surface area contributed by atoms with Gasteiger partial charge in [-0.2, -0.15) is 0 Å². The maximum absolute atomic E-state index is 12.6. The summed E-state index contributed by atoms with van der Waals surface area (Å²) in [7, 11) is 0. The lowest BCUT2D eigenvalue weighted by Crippen LogP contribution is -2.43. The van der Waals surface area contributed by atoms with Crippen LogP contribution in [0.15, 0.2) is 28.8 Å². The Hall–Kier alpha value is -2.30. The molecular weight excluding hydrogens is 364 g/mol. The molecule has 2 aromatic rings. The number of fused-ring (bicyclic) bond motifs is 5. The average molecular weight is 395 g/mol. The summed E-state index contributed by atoms with van der Waals surface area (Å²) >= 11 is 0. The number of nitrogens with zero attached hydrogens (tertiary/aromatic N) is 1. The van der Waals surface area contributed by atoms with Crippen LogP contribution < -0.4 is 10.1 Å². The van der Waals surface area contributed by atoms with E-state index < -0.39 is 0 Å². The zero-order valence-corrected chi connectivity index (χ0v) is 17.3. The Labute approximate surface area is 172 Å². The normalized spacial score (nSPS) is 29.8. The number of rotatable bonds is 6. The number of ether oxygens (including phenoxy) is 1. The van der Waals surface area contributed by atoms with Gasteiger partial charge in [0.15, 0.2) is 0 Å². The van der Waals surface area contributed by atoms with Crippen molar-refractivity contribution in [1.29, 1.82) is 0 Å². The lowest BCUT2D eigenvalue weighted by molar-refractivity contribution is -0.121. The summed E-state index contributed by atoms with van der Waals surface area (Å²) in [4.78, 5) is 12.6. The molecule has 5 heteroatoms. The molecular formula is C24H30N2O3. The first-order valence-electron chi connectivity index (χ1n) is 11.0. The topological polar surface area (TPSA) is 64.4 Å². The fourth-order valence-corrected chi connectivity index (χ4v) is 6.24. The first-order valence-corrected chi connectivity index (χ1v) is 11.0. The molecule has 154 valence electrons. The van der Waals surface area contributed by atoms with Gasteiger partial charge in [0.05, 0.1) is 17.7 Å². The van der Waals surface area contributed by atoms with Crippen LogP contribution in [-0.2, 0) is 17.8 Å². The number of hydrogen-bond acceptors (Lipinski definition) is 4. The van der Waals surface area contributed by atoms with Crippen molar-refractivity contribution in [3.8, 4) is 5.75 Å². The average Bonchev–Trinajstić information content (AvgIpc) is 3.45. The standard InChI is InChI=1S/C24H30N2O3/c1-14-22(15(2)29-26-14)13-28-18-8-6-16(7-9-18)10-24(27)25-23-12-17-11-21(23)20-5-3-4-19(17)20/h6-9,17,19-21,23H,3-5,10-13H2,1-2H3,(H,25,27)/t17-,19-,20+,21+,23-/m1/s1. The van der Waals surface area contributed by atoms with Crippen molar-refractivity contribution in [2.75, 3.05) is 0 Å². The Morgan fingerprint density at radius 1 is 1.14 bits per heavy atom. The summed E-state index contributed by atoms with van der Waals surface area (Å²) in [5.41, 5.74) is 2.87. The van der Waals surface area contributed by atoms with Crippen LogP contribution in [-0.4, -0.2) is 17.1 Å². The summed E-state index contributed by atoms with van der Waals surface area (Å²) < 4.78 is 11.0. The Balaban J connectivity index is 1.13. The quantitative estimate of drug-likeness (QED) is 0.791. The number of hydrogen-bond donors (Lipinski definition) is 1. The second-order valence-corrected chi connectivity index (χ2v) is 9.24. The third-order valence-corrected chi connectivity index (χ3v) is 7.63. The smallest absolute Gasteiger partial charge is 0.224 e. The Morgan fingerprint density at radius 2 is 1.93 bits per heavy atom. The monoisotopic (exact) mass is 394 g/mol. The van der Waals surface area contributed by atoms with Crippen LogP contribution in [0, 0.1) is 37.5 Å². The number of aromatic nitrogens is 1. The number of carbonyl (C=O) groups excluding carboxylic acids is 1. The van der Waals surface area contributed by atoms with Gasteiger partial charge in [-0.15, -0.1) is 0 Å². The summed E-state index contributed by atoms with van der Waals surface area (Å²) in [5.74, 6) is 5.18. The first kappa shape index (κ1) is 18.7. The Bertz CT molecular complexity index is 869. The maximum atomic E-state index is 12.6. The van der Waals surface area contributed by atoms with E-state index in [1.165, 1.54) is 32.1 Å². The van der Waals surface area contributed by atoms with E-state index in [-0.39, 0.29) is 5.91 Å². The summed E-state index contributed by atoms with van der Waals surface area (Å²) in [6.45, 7) is 4.25. The van der Waals surface area contributed by atoms with Crippen LogP contribution in [0.4, 0.5) is 0 Å². The van der Waals surface area contributed by atoms with Crippen LogP contribution >= 0.6 is 0 Å². The van der Waals surface area contributed by atoms with Crippen LogP contribution in [0.5, 0.6) is 5.75 Å². The molecule has 0 aliphatic heterocycles. The van der Waals surface area contributed by atoms with Crippen LogP contribution in [0.25, 0.3) is 0 Å². The van der Waals surface area contributed by atoms with E-state index in [0.717, 1.165) is 52.0 Å². The van der Waals surface area contributed by atoms with Crippen LogP contribution in [0.1, 0.15) is 54.7 Å². The lowest BCUT2D eigenvalue weighted by atomic mass is 9.79. The molecule has 5 rings (SSSR count). The van der Waals surface area contributed by atoms with Gasteiger partial charge < -0.3 is 14.6 Å². The highest BCUT2D eigenvalue weighted by atomic mass is 16.5. The van der Waals surface area contributed by atoms with E-state index in [1.807, 2.05) is 38.1 Å². The van der Waals surface area contributed by atoms with Gasteiger partial charge in [0.2, 0.25) is 5.91 Å². The van der Waals surface area contributed by atoms with Crippen molar-refractivity contribution >= 4 is 5.91 Å². The molecule has 3 saturated carbocycles. The Kier molecular flexibility index (Phi) is 4.84. The van der Waals surface area contributed by atoms with Gasteiger partial charge in [0.1, 0.15) is 18.1 Å². The molecule has 29 heavy (non-hydrogen) atoms. The number of carbonyl (C=O) groups is 1. The molecule has 0 saturated heterocycles. The first-order chi connectivity index (χ1) is 14.1. The van der Waals surface area contributed by atoms with Crippen molar-refractivity contribution in [3.05, 3.63) is 46.8 Å². The molecule has 1 heterocycles. The molecule has 0 spiro atoms. The Morgan fingerprint density at radius 3 is 2.69 bits per heavy atom. The van der Waals surface area contributed by atoms with E-state index in [9.17, 15) is 4.79 Å². The van der Waals surface area contributed by atoms with Gasteiger partial charge in [-0.1, -0.05) is 23.7 Å². The van der Waals surface area contributed by atoms with Crippen molar-refractivity contribution < 1.29 is 14.1 Å². The van der Waals surface area contributed by atoms with Crippen LogP contribution in [0.3, 0.4) is 0 Å². The van der Waals surface area contributed by atoms with Gasteiger partial charge in [-0.05, 0) is 80.9 Å². The van der Waals surface area contributed by atoms with E-state index >= 15 is 0 Å². The number of benzene rings is 1. The summed E-state index contributed by atoms with van der Waals surface area (Å²) in [6, 6.07) is 8.24. The molecule has 0 radical (unpaired) electrons. The SMILES string of the molecule is Cc1noc(C)c1COc1ccc(CC(=O)N[C@@H]2C[C@H]3C[C@H]2[C@H]2CCC[C@H]32)cc1. The van der Waals surface area contributed by atoms with E-state index in [2.05, 4.69) is 10.5 Å². The van der Waals surface area contributed by atoms with Gasteiger partial charge in [-0.3, -0.25) is 4.79 Å². The minimum absolute atomic E-state index is 0.154. The highest BCUT2D eigenvalue weighted by Gasteiger charge is 2.53. The highest BCUT2D eigenvalue weighted by molar-refractivity contribution is 5.79. The minimum atomic E-state index is 0.154. The molecule has 1 N–H and O–H groups in total. The molecule has 3 aliphatic carbocycles. The lowest BCUT2D eigenvalue weighted by Gasteiger charge is -2.32. The summed E-state index contributed by atoms with van der Waals surface area (Å²) in [5, 5.41) is 7.30. The third kappa shape index (κ3) is 3.56. The van der Waals surface area contributed by atoms with Gasteiger partial charge in [-0.25, -0.2) is 0 Å². The third-order valence-electron chi connectivity index (χ3n) is 7.63. The molecule has 3 aliphatic rings. The second kappa shape index (κ2) is 7.51. The fourth-order valence-electron chi connectivity index (χ4n) is 6.24. The molecule has 1 amide bonds. The molecule has 2 bridgehead atoms. The minimum Gasteiger partial charge on any atom is -0.489 e. The van der Waals surface area contributed by atoms with Gasteiger partial charge in [0, 0.05) is 6.04 Å².